The van der Waals surface area contributed by atoms with Crippen LogP contribution in [0.3, 0.4) is 0 Å². The zero-order chi connectivity index (χ0) is 17.6. The standard InChI is InChI=1S/C21H23FN2O/c1-17(15-19-9-5-6-10-20(19)22)21(25)24-13-11-23(12-14-24)16-18-7-3-2-4-8-18/h2-10,15H,11-14,16H2,1H3/b17-15+. The average Bonchev–Trinajstić information content (AvgIpc) is 2.64. The van der Waals surface area contributed by atoms with Gasteiger partial charge in [-0.25, -0.2) is 4.39 Å². The Morgan fingerprint density at radius 3 is 2.32 bits per heavy atom. The Labute approximate surface area is 148 Å². The number of amides is 1. The summed E-state index contributed by atoms with van der Waals surface area (Å²) in [6, 6.07) is 16.9. The van der Waals surface area contributed by atoms with E-state index >= 15 is 0 Å². The minimum atomic E-state index is -0.303. The number of hydrogen-bond donors (Lipinski definition) is 0. The maximum Gasteiger partial charge on any atom is 0.249 e. The molecule has 0 unspecified atom stereocenters. The van der Waals surface area contributed by atoms with Crippen LogP contribution in [0.4, 0.5) is 4.39 Å². The lowest BCUT2D eigenvalue weighted by Gasteiger charge is -2.35. The monoisotopic (exact) mass is 338 g/mol. The van der Waals surface area contributed by atoms with Gasteiger partial charge in [-0.05, 0) is 24.6 Å². The van der Waals surface area contributed by atoms with Gasteiger partial charge < -0.3 is 4.90 Å². The van der Waals surface area contributed by atoms with Crippen molar-refractivity contribution in [3.8, 4) is 0 Å². The molecular formula is C21H23FN2O. The second kappa shape index (κ2) is 8.08. The van der Waals surface area contributed by atoms with Crippen LogP contribution < -0.4 is 0 Å². The highest BCUT2D eigenvalue weighted by atomic mass is 19.1. The van der Waals surface area contributed by atoms with Gasteiger partial charge in [-0.15, -0.1) is 0 Å². The van der Waals surface area contributed by atoms with Crippen LogP contribution in [0.1, 0.15) is 18.1 Å². The van der Waals surface area contributed by atoms with E-state index in [4.69, 9.17) is 0 Å². The van der Waals surface area contributed by atoms with Crippen molar-refractivity contribution in [3.05, 3.63) is 77.1 Å². The first kappa shape index (κ1) is 17.4. The van der Waals surface area contributed by atoms with Crippen molar-refractivity contribution in [2.24, 2.45) is 0 Å². The van der Waals surface area contributed by atoms with Crippen LogP contribution in [-0.2, 0) is 11.3 Å². The van der Waals surface area contributed by atoms with E-state index in [1.807, 2.05) is 23.1 Å². The van der Waals surface area contributed by atoms with Crippen LogP contribution >= 0.6 is 0 Å². The molecule has 1 amide bonds. The van der Waals surface area contributed by atoms with Gasteiger partial charge in [-0.1, -0.05) is 48.5 Å². The largest absolute Gasteiger partial charge is 0.336 e. The first-order valence-corrected chi connectivity index (χ1v) is 8.62. The summed E-state index contributed by atoms with van der Waals surface area (Å²) in [6.45, 7) is 5.78. The van der Waals surface area contributed by atoms with Crippen molar-refractivity contribution >= 4 is 12.0 Å². The molecule has 0 radical (unpaired) electrons. The topological polar surface area (TPSA) is 23.6 Å². The Morgan fingerprint density at radius 1 is 1.00 bits per heavy atom. The van der Waals surface area contributed by atoms with Crippen molar-refractivity contribution in [2.45, 2.75) is 13.5 Å². The molecule has 0 aliphatic carbocycles. The lowest BCUT2D eigenvalue weighted by atomic mass is 10.1. The van der Waals surface area contributed by atoms with Gasteiger partial charge in [0, 0.05) is 43.9 Å². The Balaban J connectivity index is 1.57. The molecule has 0 N–H and O–H groups in total. The van der Waals surface area contributed by atoms with E-state index in [-0.39, 0.29) is 11.7 Å². The average molecular weight is 338 g/mol. The maximum atomic E-state index is 13.7. The minimum Gasteiger partial charge on any atom is -0.336 e. The molecule has 0 spiro atoms. The molecule has 3 rings (SSSR count). The number of rotatable bonds is 4. The molecule has 0 bridgehead atoms. The Hall–Kier alpha value is -2.46. The third-order valence-electron chi connectivity index (χ3n) is 4.52. The minimum absolute atomic E-state index is 0.0115. The zero-order valence-corrected chi connectivity index (χ0v) is 14.5. The highest BCUT2D eigenvalue weighted by Gasteiger charge is 2.22. The molecule has 1 aliphatic rings. The fourth-order valence-corrected chi connectivity index (χ4v) is 3.09. The summed E-state index contributed by atoms with van der Waals surface area (Å²) in [7, 11) is 0. The Kier molecular flexibility index (Phi) is 5.61. The van der Waals surface area contributed by atoms with Crippen molar-refractivity contribution in [1.82, 2.24) is 9.80 Å². The van der Waals surface area contributed by atoms with Crippen LogP contribution in [0.25, 0.3) is 6.08 Å². The quantitative estimate of drug-likeness (QED) is 0.796. The highest BCUT2D eigenvalue weighted by molar-refractivity contribution is 5.97. The molecule has 1 fully saturated rings. The SMILES string of the molecule is C/C(=C\c1ccccc1F)C(=O)N1CCN(Cc2ccccc2)CC1. The summed E-state index contributed by atoms with van der Waals surface area (Å²) in [4.78, 5) is 16.8. The van der Waals surface area contributed by atoms with E-state index in [0.717, 1.165) is 19.6 Å². The molecule has 25 heavy (non-hydrogen) atoms. The fourth-order valence-electron chi connectivity index (χ4n) is 3.09. The predicted molar refractivity (Wildman–Crippen MR) is 98.4 cm³/mol. The first-order chi connectivity index (χ1) is 12.1. The number of hydrogen-bond acceptors (Lipinski definition) is 2. The molecule has 1 heterocycles. The Bertz CT molecular complexity index is 750. The van der Waals surface area contributed by atoms with E-state index in [9.17, 15) is 9.18 Å². The van der Waals surface area contributed by atoms with Gasteiger partial charge in [0.1, 0.15) is 5.82 Å². The van der Waals surface area contributed by atoms with E-state index in [1.165, 1.54) is 11.6 Å². The molecule has 0 aromatic heterocycles. The summed E-state index contributed by atoms with van der Waals surface area (Å²) >= 11 is 0. The second-order valence-corrected chi connectivity index (χ2v) is 6.40. The molecule has 130 valence electrons. The van der Waals surface area contributed by atoms with Crippen molar-refractivity contribution in [1.29, 1.82) is 0 Å². The zero-order valence-electron chi connectivity index (χ0n) is 14.5. The van der Waals surface area contributed by atoms with E-state index < -0.39 is 0 Å². The van der Waals surface area contributed by atoms with Crippen molar-refractivity contribution in [3.63, 3.8) is 0 Å². The normalized spacial score (nSPS) is 16.1. The molecule has 2 aromatic carbocycles. The smallest absolute Gasteiger partial charge is 0.249 e. The van der Waals surface area contributed by atoms with Crippen molar-refractivity contribution in [2.75, 3.05) is 26.2 Å². The molecule has 0 saturated carbocycles. The van der Waals surface area contributed by atoms with Crippen LogP contribution in [0, 0.1) is 5.82 Å². The third-order valence-corrected chi connectivity index (χ3v) is 4.52. The van der Waals surface area contributed by atoms with E-state index in [1.54, 1.807) is 31.2 Å². The van der Waals surface area contributed by atoms with Gasteiger partial charge in [0.15, 0.2) is 0 Å². The Morgan fingerprint density at radius 2 is 1.64 bits per heavy atom. The van der Waals surface area contributed by atoms with E-state index in [0.29, 0.717) is 24.2 Å². The molecule has 0 atom stereocenters. The number of carbonyl (C=O) groups is 1. The summed E-state index contributed by atoms with van der Waals surface area (Å²) in [5.74, 6) is -0.315. The maximum absolute atomic E-state index is 13.7. The second-order valence-electron chi connectivity index (χ2n) is 6.40. The lowest BCUT2D eigenvalue weighted by molar-refractivity contribution is -0.128. The highest BCUT2D eigenvalue weighted by Crippen LogP contribution is 2.15. The van der Waals surface area contributed by atoms with E-state index in [2.05, 4.69) is 17.0 Å². The number of nitrogens with zero attached hydrogens (tertiary/aromatic N) is 2. The molecule has 1 aliphatic heterocycles. The number of carbonyl (C=O) groups excluding carboxylic acids is 1. The van der Waals surface area contributed by atoms with Gasteiger partial charge in [0.2, 0.25) is 5.91 Å². The summed E-state index contributed by atoms with van der Waals surface area (Å²) in [5.41, 5.74) is 2.32. The predicted octanol–water partition coefficient (Wildman–Crippen LogP) is 3.57. The van der Waals surface area contributed by atoms with Crippen LogP contribution in [0.2, 0.25) is 0 Å². The number of piperazine rings is 1. The lowest BCUT2D eigenvalue weighted by Crippen LogP contribution is -2.48. The summed E-state index contributed by atoms with van der Waals surface area (Å²) in [6.07, 6.45) is 1.63. The van der Waals surface area contributed by atoms with Crippen LogP contribution in [-0.4, -0.2) is 41.9 Å². The number of halogens is 1. The van der Waals surface area contributed by atoms with Gasteiger partial charge in [0.25, 0.3) is 0 Å². The third kappa shape index (κ3) is 4.54. The molecule has 3 nitrogen and oxygen atoms in total. The molecule has 1 saturated heterocycles. The van der Waals surface area contributed by atoms with Crippen LogP contribution in [0.5, 0.6) is 0 Å². The molecular weight excluding hydrogens is 315 g/mol. The van der Waals surface area contributed by atoms with Gasteiger partial charge in [0.05, 0.1) is 0 Å². The van der Waals surface area contributed by atoms with Crippen LogP contribution in [0.15, 0.2) is 60.2 Å². The van der Waals surface area contributed by atoms with Gasteiger partial charge >= 0.3 is 0 Å². The van der Waals surface area contributed by atoms with Crippen molar-refractivity contribution < 1.29 is 9.18 Å². The summed E-state index contributed by atoms with van der Waals surface area (Å²) < 4.78 is 13.7. The number of benzene rings is 2. The first-order valence-electron chi connectivity index (χ1n) is 8.62. The fraction of sp³-hybridized carbons (Fsp3) is 0.286. The molecule has 4 heteroatoms. The van der Waals surface area contributed by atoms with Gasteiger partial charge in [-0.2, -0.15) is 0 Å². The molecule has 2 aromatic rings. The summed E-state index contributed by atoms with van der Waals surface area (Å²) in [5, 5.41) is 0. The van der Waals surface area contributed by atoms with Gasteiger partial charge in [-0.3, -0.25) is 9.69 Å².